The molecule has 0 radical (unpaired) electrons. The topological polar surface area (TPSA) is 78.9 Å². The van der Waals surface area contributed by atoms with Gasteiger partial charge >= 0.3 is 0 Å². The number of guanidine groups is 1. The summed E-state index contributed by atoms with van der Waals surface area (Å²) in [6.45, 7) is 6.00. The third-order valence-electron chi connectivity index (χ3n) is 2.95. The second kappa shape index (κ2) is 10.4. The quantitative estimate of drug-likeness (QED) is 0.552. The maximum atomic E-state index is 11.6. The molecule has 0 saturated carbocycles. The van der Waals surface area contributed by atoms with Gasteiger partial charge in [0.2, 0.25) is 11.8 Å². The Labute approximate surface area is 138 Å². The number of likely N-dealkylation sites (N-methyl/N-ethyl adjacent to an activating group) is 1. The standard InChI is InChI=1S/C16H27N5O2/c1-5-10-23-15-13(8-7-9-18-15)11-19-16(17-6-2)20-12-14(22)21(3)4/h7-9H,5-6,10-12H2,1-4H3,(H2,17,19,20). The minimum absolute atomic E-state index is 0.0102. The van der Waals surface area contributed by atoms with E-state index in [1.807, 2.05) is 19.1 Å². The van der Waals surface area contributed by atoms with Gasteiger partial charge in [0.05, 0.1) is 19.7 Å². The Morgan fingerprint density at radius 1 is 1.35 bits per heavy atom. The summed E-state index contributed by atoms with van der Waals surface area (Å²) >= 11 is 0. The van der Waals surface area contributed by atoms with E-state index in [1.54, 1.807) is 20.3 Å². The third kappa shape index (κ3) is 6.99. The van der Waals surface area contributed by atoms with E-state index >= 15 is 0 Å². The van der Waals surface area contributed by atoms with Gasteiger partial charge in [0.15, 0.2) is 5.96 Å². The van der Waals surface area contributed by atoms with E-state index in [0.29, 0.717) is 31.5 Å². The zero-order valence-electron chi connectivity index (χ0n) is 14.4. The molecule has 0 aliphatic carbocycles. The molecule has 0 unspecified atom stereocenters. The Kier molecular flexibility index (Phi) is 8.49. The maximum absolute atomic E-state index is 11.6. The number of carbonyl (C=O) groups is 1. The van der Waals surface area contributed by atoms with Gasteiger partial charge in [-0.15, -0.1) is 0 Å². The summed E-state index contributed by atoms with van der Waals surface area (Å²) < 4.78 is 5.63. The van der Waals surface area contributed by atoms with Crippen LogP contribution in [0.25, 0.3) is 0 Å². The van der Waals surface area contributed by atoms with Gasteiger partial charge in [0.25, 0.3) is 0 Å². The van der Waals surface area contributed by atoms with Crippen LogP contribution in [0.1, 0.15) is 25.8 Å². The monoisotopic (exact) mass is 321 g/mol. The van der Waals surface area contributed by atoms with Crippen molar-refractivity contribution in [2.75, 3.05) is 33.8 Å². The van der Waals surface area contributed by atoms with Crippen molar-refractivity contribution in [1.29, 1.82) is 0 Å². The van der Waals surface area contributed by atoms with Crippen LogP contribution in [-0.4, -0.2) is 55.5 Å². The first-order valence-electron chi connectivity index (χ1n) is 7.87. The molecule has 0 aliphatic heterocycles. The lowest BCUT2D eigenvalue weighted by molar-refractivity contribution is -0.127. The second-order valence-corrected chi connectivity index (χ2v) is 5.15. The highest BCUT2D eigenvalue weighted by Gasteiger charge is 2.07. The van der Waals surface area contributed by atoms with Crippen LogP contribution in [0.5, 0.6) is 5.88 Å². The van der Waals surface area contributed by atoms with Gasteiger partial charge in [-0.05, 0) is 19.4 Å². The van der Waals surface area contributed by atoms with E-state index in [1.165, 1.54) is 4.90 Å². The summed E-state index contributed by atoms with van der Waals surface area (Å²) in [5.41, 5.74) is 0.914. The molecule has 1 aromatic rings. The van der Waals surface area contributed by atoms with Crippen molar-refractivity contribution < 1.29 is 9.53 Å². The lowest BCUT2D eigenvalue weighted by atomic mass is 10.3. The number of pyridine rings is 1. The molecule has 128 valence electrons. The van der Waals surface area contributed by atoms with Crippen LogP contribution >= 0.6 is 0 Å². The van der Waals surface area contributed by atoms with Gasteiger partial charge in [0, 0.05) is 32.4 Å². The number of aliphatic imine (C=N–C) groups is 1. The van der Waals surface area contributed by atoms with E-state index < -0.39 is 0 Å². The molecule has 1 rings (SSSR count). The molecule has 1 heterocycles. The third-order valence-corrected chi connectivity index (χ3v) is 2.95. The zero-order chi connectivity index (χ0) is 17.1. The van der Waals surface area contributed by atoms with E-state index in [4.69, 9.17) is 4.74 Å². The number of ether oxygens (including phenoxy) is 1. The number of amides is 1. The smallest absolute Gasteiger partial charge is 0.241 e. The van der Waals surface area contributed by atoms with E-state index in [9.17, 15) is 4.79 Å². The summed E-state index contributed by atoms with van der Waals surface area (Å²) in [7, 11) is 3.45. The molecule has 23 heavy (non-hydrogen) atoms. The highest BCUT2D eigenvalue weighted by Crippen LogP contribution is 2.15. The van der Waals surface area contributed by atoms with Crippen molar-refractivity contribution >= 4 is 11.9 Å². The average molecular weight is 321 g/mol. The number of hydrogen-bond acceptors (Lipinski definition) is 4. The van der Waals surface area contributed by atoms with Crippen LogP contribution in [-0.2, 0) is 11.3 Å². The normalized spacial score (nSPS) is 11.0. The molecule has 7 nitrogen and oxygen atoms in total. The minimum Gasteiger partial charge on any atom is -0.477 e. The minimum atomic E-state index is -0.0102. The van der Waals surface area contributed by atoms with Gasteiger partial charge < -0.3 is 20.3 Å². The Balaban J connectivity index is 2.71. The summed E-state index contributed by atoms with van der Waals surface area (Å²) in [4.78, 5) is 21.9. The van der Waals surface area contributed by atoms with Gasteiger partial charge in [-0.3, -0.25) is 4.79 Å². The molecular weight excluding hydrogens is 294 g/mol. The Hall–Kier alpha value is -2.31. The van der Waals surface area contributed by atoms with Crippen LogP contribution in [0.4, 0.5) is 0 Å². The number of nitrogens with zero attached hydrogens (tertiary/aromatic N) is 3. The fourth-order valence-electron chi connectivity index (χ4n) is 1.70. The van der Waals surface area contributed by atoms with E-state index in [-0.39, 0.29) is 12.5 Å². The van der Waals surface area contributed by atoms with Crippen LogP contribution in [0.3, 0.4) is 0 Å². The number of carbonyl (C=O) groups excluding carboxylic acids is 1. The largest absolute Gasteiger partial charge is 0.477 e. The van der Waals surface area contributed by atoms with Crippen molar-refractivity contribution in [2.45, 2.75) is 26.8 Å². The highest BCUT2D eigenvalue weighted by molar-refractivity contribution is 5.86. The first-order chi connectivity index (χ1) is 11.1. The van der Waals surface area contributed by atoms with Crippen LogP contribution in [0.2, 0.25) is 0 Å². The predicted molar refractivity (Wildman–Crippen MR) is 91.5 cm³/mol. The predicted octanol–water partition coefficient (Wildman–Crippen LogP) is 1.01. The molecule has 1 amide bonds. The fourth-order valence-corrected chi connectivity index (χ4v) is 1.70. The molecule has 0 aliphatic rings. The molecule has 0 spiro atoms. The number of hydrogen-bond donors (Lipinski definition) is 2. The molecule has 7 heteroatoms. The molecule has 1 aromatic heterocycles. The zero-order valence-corrected chi connectivity index (χ0v) is 14.4. The molecule has 0 fully saturated rings. The summed E-state index contributed by atoms with van der Waals surface area (Å²) in [5.74, 6) is 1.19. The molecule has 0 atom stereocenters. The van der Waals surface area contributed by atoms with Crippen molar-refractivity contribution in [2.24, 2.45) is 4.99 Å². The van der Waals surface area contributed by atoms with Crippen molar-refractivity contribution in [3.8, 4) is 5.88 Å². The van der Waals surface area contributed by atoms with Crippen molar-refractivity contribution in [3.63, 3.8) is 0 Å². The molecule has 0 aromatic carbocycles. The lowest BCUT2D eigenvalue weighted by Gasteiger charge is -2.14. The highest BCUT2D eigenvalue weighted by atomic mass is 16.5. The fraction of sp³-hybridized carbons (Fsp3) is 0.562. The average Bonchev–Trinajstić information content (AvgIpc) is 2.55. The summed E-state index contributed by atoms with van der Waals surface area (Å²) in [6.07, 6.45) is 2.63. The van der Waals surface area contributed by atoms with Crippen LogP contribution in [0, 0.1) is 0 Å². The molecule has 0 bridgehead atoms. The number of nitrogens with one attached hydrogen (secondary N) is 2. The Morgan fingerprint density at radius 3 is 2.78 bits per heavy atom. The van der Waals surface area contributed by atoms with Gasteiger partial charge in [-0.2, -0.15) is 0 Å². The molecular formula is C16H27N5O2. The van der Waals surface area contributed by atoms with Crippen molar-refractivity contribution in [3.05, 3.63) is 23.9 Å². The Bertz CT molecular complexity index is 517. The summed E-state index contributed by atoms with van der Waals surface area (Å²) in [6, 6.07) is 3.80. The lowest BCUT2D eigenvalue weighted by Crippen LogP contribution is -2.42. The van der Waals surface area contributed by atoms with Gasteiger partial charge in [0.1, 0.15) is 0 Å². The van der Waals surface area contributed by atoms with E-state index in [2.05, 4.69) is 27.5 Å². The molecule has 2 N–H and O–H groups in total. The van der Waals surface area contributed by atoms with Crippen LogP contribution < -0.4 is 15.4 Å². The SMILES string of the molecule is CCCOc1ncccc1CN=C(NCC)NCC(=O)N(C)C. The first-order valence-corrected chi connectivity index (χ1v) is 7.87. The second-order valence-electron chi connectivity index (χ2n) is 5.15. The number of rotatable bonds is 8. The van der Waals surface area contributed by atoms with E-state index in [0.717, 1.165) is 12.0 Å². The number of aromatic nitrogens is 1. The summed E-state index contributed by atoms with van der Waals surface area (Å²) in [5, 5.41) is 6.14. The van der Waals surface area contributed by atoms with Crippen LogP contribution in [0.15, 0.2) is 23.3 Å². The molecule has 0 saturated heterocycles. The van der Waals surface area contributed by atoms with Gasteiger partial charge in [-0.1, -0.05) is 13.0 Å². The van der Waals surface area contributed by atoms with Gasteiger partial charge in [-0.25, -0.2) is 9.98 Å². The maximum Gasteiger partial charge on any atom is 0.241 e. The van der Waals surface area contributed by atoms with Crippen molar-refractivity contribution in [1.82, 2.24) is 20.5 Å². The Morgan fingerprint density at radius 2 is 2.13 bits per heavy atom. The first kappa shape index (κ1) is 18.7.